The Kier molecular flexibility index (Phi) is 10.6. The minimum absolute atomic E-state index is 0. The highest BCUT2D eigenvalue weighted by molar-refractivity contribution is 5.85. The Morgan fingerprint density at radius 3 is 2.86 bits per heavy atom. The van der Waals surface area contributed by atoms with E-state index in [1.807, 2.05) is 0 Å². The highest BCUT2D eigenvalue weighted by Gasteiger charge is 2.24. The molecule has 1 amide bonds. The van der Waals surface area contributed by atoms with Gasteiger partial charge in [0.2, 0.25) is 0 Å². The van der Waals surface area contributed by atoms with E-state index in [9.17, 15) is 4.79 Å². The number of morpholine rings is 1. The Morgan fingerprint density at radius 2 is 2.24 bits per heavy atom. The fourth-order valence-corrected chi connectivity index (χ4v) is 2.85. The van der Waals surface area contributed by atoms with Gasteiger partial charge in [0.25, 0.3) is 5.91 Å². The number of nitrogens with one attached hydrogen (secondary N) is 2. The molecule has 0 aliphatic carbocycles. The first-order valence-electron chi connectivity index (χ1n) is 7.51. The maximum absolute atomic E-state index is 12.0. The van der Waals surface area contributed by atoms with Crippen molar-refractivity contribution in [3.05, 3.63) is 0 Å². The van der Waals surface area contributed by atoms with Gasteiger partial charge in [-0.3, -0.25) is 9.69 Å². The monoisotopic (exact) mass is 341 g/mol. The summed E-state index contributed by atoms with van der Waals surface area (Å²) >= 11 is 0. The fourth-order valence-electron chi connectivity index (χ4n) is 2.85. The van der Waals surface area contributed by atoms with E-state index in [1.165, 1.54) is 12.8 Å². The molecule has 0 aromatic rings. The molecule has 7 heteroatoms. The lowest BCUT2D eigenvalue weighted by molar-refractivity contribution is -0.134. The van der Waals surface area contributed by atoms with Gasteiger partial charge in [-0.15, -0.1) is 24.8 Å². The average molecular weight is 342 g/mol. The second-order valence-electron chi connectivity index (χ2n) is 5.90. The molecule has 2 aliphatic heterocycles. The molecular formula is C14H29Cl2N3O2. The zero-order chi connectivity index (χ0) is 13.7. The van der Waals surface area contributed by atoms with E-state index in [1.54, 1.807) is 0 Å². The minimum Gasteiger partial charge on any atom is -0.366 e. The van der Waals surface area contributed by atoms with Crippen LogP contribution in [0.1, 0.15) is 26.7 Å². The highest BCUT2D eigenvalue weighted by atomic mass is 35.5. The predicted octanol–water partition coefficient (Wildman–Crippen LogP) is 1.05. The molecule has 0 bridgehead atoms. The van der Waals surface area contributed by atoms with Crippen LogP contribution in [0.2, 0.25) is 0 Å². The summed E-state index contributed by atoms with van der Waals surface area (Å²) in [6.45, 7) is 9.61. The third-order valence-corrected chi connectivity index (χ3v) is 4.10. The largest absolute Gasteiger partial charge is 0.366 e. The molecule has 2 unspecified atom stereocenters. The Labute approximate surface area is 140 Å². The number of carbonyl (C=O) groups is 1. The number of amides is 1. The van der Waals surface area contributed by atoms with Gasteiger partial charge in [0.15, 0.2) is 0 Å². The molecule has 3 atom stereocenters. The summed E-state index contributed by atoms with van der Waals surface area (Å²) in [5.41, 5.74) is 0. The molecule has 2 aliphatic rings. The Morgan fingerprint density at radius 1 is 1.48 bits per heavy atom. The van der Waals surface area contributed by atoms with Gasteiger partial charge >= 0.3 is 0 Å². The van der Waals surface area contributed by atoms with E-state index < -0.39 is 0 Å². The number of rotatable bonds is 4. The standard InChI is InChI=1S/C14H27N3O2.2ClH/c1-11-4-3-6-17(10-11)12(2)8-16-14(18)13-9-15-5-7-19-13;;/h11-13,15H,3-10H2,1-2H3,(H,16,18);2*1H/t11?,12?,13-;;/m1../s1. The molecule has 2 rings (SSSR count). The van der Waals surface area contributed by atoms with Crippen LogP contribution in [0, 0.1) is 5.92 Å². The van der Waals surface area contributed by atoms with Crippen LogP contribution >= 0.6 is 24.8 Å². The van der Waals surface area contributed by atoms with Crippen LogP contribution in [0.25, 0.3) is 0 Å². The molecule has 5 nitrogen and oxygen atoms in total. The van der Waals surface area contributed by atoms with E-state index in [0.29, 0.717) is 25.7 Å². The van der Waals surface area contributed by atoms with Crippen LogP contribution in [-0.2, 0) is 9.53 Å². The van der Waals surface area contributed by atoms with Gasteiger partial charge in [-0.25, -0.2) is 0 Å². The maximum Gasteiger partial charge on any atom is 0.250 e. The van der Waals surface area contributed by atoms with Crippen LogP contribution in [0.5, 0.6) is 0 Å². The molecule has 2 N–H and O–H groups in total. The smallest absolute Gasteiger partial charge is 0.250 e. The van der Waals surface area contributed by atoms with E-state index >= 15 is 0 Å². The molecule has 21 heavy (non-hydrogen) atoms. The molecule has 0 radical (unpaired) electrons. The molecule has 0 aromatic heterocycles. The first-order valence-corrected chi connectivity index (χ1v) is 7.51. The third-order valence-electron chi connectivity index (χ3n) is 4.10. The van der Waals surface area contributed by atoms with Crippen molar-refractivity contribution in [2.45, 2.75) is 38.8 Å². The molecule has 0 spiro atoms. The first kappa shape index (κ1) is 20.9. The van der Waals surface area contributed by atoms with Gasteiger partial charge in [0, 0.05) is 32.2 Å². The molecule has 2 fully saturated rings. The number of likely N-dealkylation sites (tertiary alicyclic amines) is 1. The Balaban J connectivity index is 0.00000200. The topological polar surface area (TPSA) is 53.6 Å². The van der Waals surface area contributed by atoms with Crippen LogP contribution < -0.4 is 10.6 Å². The van der Waals surface area contributed by atoms with Crippen molar-refractivity contribution in [3.63, 3.8) is 0 Å². The number of hydrogen-bond acceptors (Lipinski definition) is 4. The summed E-state index contributed by atoms with van der Waals surface area (Å²) in [4.78, 5) is 14.4. The average Bonchev–Trinajstić information content (AvgIpc) is 2.45. The van der Waals surface area contributed by atoms with Gasteiger partial charge in [-0.2, -0.15) is 0 Å². The van der Waals surface area contributed by atoms with Gasteiger partial charge in [0.1, 0.15) is 6.10 Å². The summed E-state index contributed by atoms with van der Waals surface area (Å²) in [5.74, 6) is 0.793. The van der Waals surface area contributed by atoms with Crippen molar-refractivity contribution < 1.29 is 9.53 Å². The van der Waals surface area contributed by atoms with Crippen molar-refractivity contribution in [1.29, 1.82) is 0 Å². The van der Waals surface area contributed by atoms with Crippen LogP contribution in [0.4, 0.5) is 0 Å². The summed E-state index contributed by atoms with van der Waals surface area (Å²) in [5, 5.41) is 6.19. The Bertz CT molecular complexity index is 302. The predicted molar refractivity (Wildman–Crippen MR) is 89.5 cm³/mol. The molecule has 126 valence electrons. The van der Waals surface area contributed by atoms with Crippen LogP contribution in [-0.4, -0.2) is 62.3 Å². The summed E-state index contributed by atoms with van der Waals surface area (Å²) < 4.78 is 5.45. The second kappa shape index (κ2) is 10.6. The third kappa shape index (κ3) is 6.70. The summed E-state index contributed by atoms with van der Waals surface area (Å²) in [6.07, 6.45) is 2.29. The molecular weight excluding hydrogens is 313 g/mol. The van der Waals surface area contributed by atoms with Crippen molar-refractivity contribution in [2.24, 2.45) is 5.92 Å². The van der Waals surface area contributed by atoms with E-state index in [-0.39, 0.29) is 36.8 Å². The van der Waals surface area contributed by atoms with Gasteiger partial charge in [-0.05, 0) is 32.2 Å². The summed E-state index contributed by atoms with van der Waals surface area (Å²) in [6, 6.07) is 0.406. The zero-order valence-corrected chi connectivity index (χ0v) is 14.6. The van der Waals surface area contributed by atoms with Gasteiger partial charge in [-0.1, -0.05) is 6.92 Å². The molecule has 0 aromatic carbocycles. The quantitative estimate of drug-likeness (QED) is 0.802. The molecule has 0 saturated carbocycles. The molecule has 2 saturated heterocycles. The van der Waals surface area contributed by atoms with E-state index in [0.717, 1.165) is 25.6 Å². The minimum atomic E-state index is -0.318. The number of nitrogens with zero attached hydrogens (tertiary/aromatic N) is 1. The van der Waals surface area contributed by atoms with Crippen molar-refractivity contribution in [1.82, 2.24) is 15.5 Å². The first-order chi connectivity index (χ1) is 9.16. The number of halogens is 2. The lowest BCUT2D eigenvalue weighted by atomic mass is 9.99. The number of piperidine rings is 1. The van der Waals surface area contributed by atoms with Crippen LogP contribution in [0.15, 0.2) is 0 Å². The van der Waals surface area contributed by atoms with Gasteiger partial charge < -0.3 is 15.4 Å². The zero-order valence-electron chi connectivity index (χ0n) is 13.0. The van der Waals surface area contributed by atoms with E-state index in [2.05, 4.69) is 29.4 Å². The van der Waals surface area contributed by atoms with Crippen molar-refractivity contribution in [2.75, 3.05) is 39.3 Å². The van der Waals surface area contributed by atoms with E-state index in [4.69, 9.17) is 4.74 Å². The fraction of sp³-hybridized carbons (Fsp3) is 0.929. The normalized spacial score (nSPS) is 27.9. The van der Waals surface area contributed by atoms with Crippen molar-refractivity contribution >= 4 is 30.7 Å². The summed E-state index contributed by atoms with van der Waals surface area (Å²) in [7, 11) is 0. The number of hydrogen-bond donors (Lipinski definition) is 2. The maximum atomic E-state index is 12.0. The molecule has 2 heterocycles. The Hall–Kier alpha value is -0.0700. The SMILES string of the molecule is CC1CCCN(C(C)CNC(=O)[C@H]2CNCCO2)C1.Cl.Cl. The second-order valence-corrected chi connectivity index (χ2v) is 5.90. The lowest BCUT2D eigenvalue weighted by Crippen LogP contribution is -2.51. The van der Waals surface area contributed by atoms with Crippen molar-refractivity contribution in [3.8, 4) is 0 Å². The number of carbonyl (C=O) groups excluding carboxylic acids is 1. The lowest BCUT2D eigenvalue weighted by Gasteiger charge is -2.35. The van der Waals surface area contributed by atoms with Crippen LogP contribution in [0.3, 0.4) is 0 Å². The number of ether oxygens (including phenoxy) is 1. The van der Waals surface area contributed by atoms with Gasteiger partial charge in [0.05, 0.1) is 6.61 Å². The highest BCUT2D eigenvalue weighted by Crippen LogP contribution is 2.17.